The van der Waals surface area contributed by atoms with Gasteiger partial charge >= 0.3 is 0 Å². The summed E-state index contributed by atoms with van der Waals surface area (Å²) in [5.41, 5.74) is 0.826. The van der Waals surface area contributed by atoms with Crippen LogP contribution >= 0.6 is 0 Å². The smallest absolute Gasteiger partial charge is 0.236 e. The molecule has 3 aromatic rings. The summed E-state index contributed by atoms with van der Waals surface area (Å²) in [4.78, 5) is 15.9. The summed E-state index contributed by atoms with van der Waals surface area (Å²) in [5, 5.41) is 8.63. The Labute approximate surface area is 139 Å². The summed E-state index contributed by atoms with van der Waals surface area (Å²) in [6, 6.07) is 0. The molecule has 0 aliphatic carbocycles. The minimum atomic E-state index is -0.123. The largest absolute Gasteiger partial charge is 0.342 e. The zero-order chi connectivity index (χ0) is 16.1. The van der Waals surface area contributed by atoms with Crippen molar-refractivity contribution in [2.75, 3.05) is 11.4 Å². The van der Waals surface area contributed by atoms with E-state index in [-0.39, 0.29) is 5.54 Å². The number of piperidine rings is 1. The lowest BCUT2D eigenvalue weighted by Gasteiger charge is -2.49. The zero-order valence-electron chi connectivity index (χ0n) is 13.5. The first-order valence-corrected chi connectivity index (χ1v) is 8.37. The first kappa shape index (κ1) is 13.6. The molecule has 0 radical (unpaired) electrons. The number of hydrogen-bond donors (Lipinski definition) is 0. The van der Waals surface area contributed by atoms with E-state index in [0.717, 1.165) is 36.7 Å². The van der Waals surface area contributed by atoms with E-state index in [1.165, 1.54) is 12.8 Å². The van der Waals surface area contributed by atoms with Crippen LogP contribution in [-0.2, 0) is 5.54 Å². The number of imidazole rings is 1. The van der Waals surface area contributed by atoms with Crippen molar-refractivity contribution in [3.05, 3.63) is 37.1 Å². The van der Waals surface area contributed by atoms with E-state index >= 15 is 0 Å². The minimum absolute atomic E-state index is 0.123. The maximum Gasteiger partial charge on any atom is 0.236 e. The van der Waals surface area contributed by atoms with Crippen LogP contribution in [0.15, 0.2) is 31.2 Å². The molecule has 24 heavy (non-hydrogen) atoms. The van der Waals surface area contributed by atoms with Crippen molar-refractivity contribution in [2.24, 2.45) is 0 Å². The summed E-state index contributed by atoms with van der Waals surface area (Å²) in [7, 11) is 0. The molecule has 8 heteroatoms. The number of fused-ring (bicyclic) bond motifs is 6. The minimum Gasteiger partial charge on any atom is -0.342 e. The van der Waals surface area contributed by atoms with Crippen LogP contribution in [-0.4, -0.2) is 40.8 Å². The van der Waals surface area contributed by atoms with Gasteiger partial charge < -0.3 is 4.90 Å². The third-order valence-electron chi connectivity index (χ3n) is 5.28. The van der Waals surface area contributed by atoms with Crippen molar-refractivity contribution in [3.8, 4) is 11.6 Å². The van der Waals surface area contributed by atoms with Crippen LogP contribution in [0.5, 0.6) is 0 Å². The van der Waals surface area contributed by atoms with Crippen LogP contribution in [0.4, 0.5) is 5.82 Å². The van der Waals surface area contributed by atoms with Gasteiger partial charge in [0, 0.05) is 18.9 Å². The number of aromatic nitrogens is 7. The second-order valence-corrected chi connectivity index (χ2v) is 6.37. The van der Waals surface area contributed by atoms with Crippen molar-refractivity contribution in [1.82, 2.24) is 34.3 Å². The molecule has 8 nitrogen and oxygen atoms in total. The number of rotatable bonds is 2. The lowest BCUT2D eigenvalue weighted by atomic mass is 9.82. The van der Waals surface area contributed by atoms with E-state index in [9.17, 15) is 0 Å². The van der Waals surface area contributed by atoms with Gasteiger partial charge in [-0.15, -0.1) is 10.2 Å². The van der Waals surface area contributed by atoms with Crippen molar-refractivity contribution >= 4 is 5.82 Å². The van der Waals surface area contributed by atoms with Crippen LogP contribution in [0.25, 0.3) is 11.6 Å². The van der Waals surface area contributed by atoms with Gasteiger partial charge in [-0.3, -0.25) is 9.13 Å². The topological polar surface area (TPSA) is 77.5 Å². The van der Waals surface area contributed by atoms with E-state index < -0.39 is 0 Å². The summed E-state index contributed by atoms with van der Waals surface area (Å²) < 4.78 is 3.89. The van der Waals surface area contributed by atoms with E-state index in [4.69, 9.17) is 4.98 Å². The number of anilines is 1. The van der Waals surface area contributed by atoms with E-state index in [0.29, 0.717) is 5.95 Å². The number of hydrogen-bond acceptors (Lipinski definition) is 6. The van der Waals surface area contributed by atoms with Crippen LogP contribution in [0.3, 0.4) is 0 Å². The van der Waals surface area contributed by atoms with Gasteiger partial charge in [-0.1, -0.05) is 6.92 Å². The molecule has 0 amide bonds. The van der Waals surface area contributed by atoms with E-state index in [1.807, 2.05) is 17.0 Å². The highest BCUT2D eigenvalue weighted by Crippen LogP contribution is 2.47. The van der Waals surface area contributed by atoms with Gasteiger partial charge in [0.05, 0.1) is 6.20 Å². The highest BCUT2D eigenvalue weighted by molar-refractivity contribution is 5.63. The quantitative estimate of drug-likeness (QED) is 0.716. The Bertz CT molecular complexity index is 883. The Balaban J connectivity index is 1.76. The summed E-state index contributed by atoms with van der Waals surface area (Å²) in [5.74, 6) is 2.61. The fraction of sp³-hybridized carbons (Fsp3) is 0.438. The first-order valence-electron chi connectivity index (χ1n) is 8.37. The fourth-order valence-electron chi connectivity index (χ4n) is 4.06. The van der Waals surface area contributed by atoms with Crippen molar-refractivity contribution in [1.29, 1.82) is 0 Å². The molecule has 0 unspecified atom stereocenters. The van der Waals surface area contributed by atoms with E-state index in [2.05, 4.69) is 36.6 Å². The first-order chi connectivity index (χ1) is 11.8. The molecule has 122 valence electrons. The molecule has 2 aliphatic rings. The van der Waals surface area contributed by atoms with Gasteiger partial charge in [-0.25, -0.2) is 9.97 Å². The molecule has 0 saturated carbocycles. The predicted octanol–water partition coefficient (Wildman–Crippen LogP) is 1.85. The third kappa shape index (κ3) is 1.65. The van der Waals surface area contributed by atoms with Gasteiger partial charge in [0.25, 0.3) is 0 Å². The summed E-state index contributed by atoms with van der Waals surface area (Å²) in [6.45, 7) is 3.20. The van der Waals surface area contributed by atoms with Crippen LogP contribution in [0, 0.1) is 0 Å². The number of nitrogens with zero attached hydrogens (tertiary/aromatic N) is 8. The van der Waals surface area contributed by atoms with Gasteiger partial charge in [-0.05, 0) is 25.7 Å². The van der Waals surface area contributed by atoms with Crippen LogP contribution < -0.4 is 4.90 Å². The second-order valence-electron chi connectivity index (χ2n) is 6.37. The molecule has 3 aromatic heterocycles. The molecule has 2 aliphatic heterocycles. The molecular formula is C16H18N8. The second kappa shape index (κ2) is 4.86. The molecule has 0 spiro atoms. The van der Waals surface area contributed by atoms with Gasteiger partial charge in [-0.2, -0.15) is 4.98 Å². The Morgan fingerprint density at radius 1 is 1.25 bits per heavy atom. The fourth-order valence-corrected chi connectivity index (χ4v) is 4.06. The molecule has 0 bridgehead atoms. The molecule has 1 saturated heterocycles. The van der Waals surface area contributed by atoms with Crippen molar-refractivity contribution < 1.29 is 0 Å². The molecule has 0 aromatic carbocycles. The Kier molecular flexibility index (Phi) is 2.76. The Morgan fingerprint density at radius 3 is 3.04 bits per heavy atom. The highest BCUT2D eigenvalue weighted by Gasteiger charge is 2.47. The predicted molar refractivity (Wildman–Crippen MR) is 87.2 cm³/mol. The summed E-state index contributed by atoms with van der Waals surface area (Å²) in [6.07, 6.45) is 13.4. The normalized spacial score (nSPS) is 22.0. The SMILES string of the molecule is CC[C@]12CCCCN1c1nc(-n3ccnc3)ncc1-n1cnnc12. The molecule has 1 atom stereocenters. The lowest BCUT2D eigenvalue weighted by molar-refractivity contribution is 0.274. The zero-order valence-corrected chi connectivity index (χ0v) is 13.5. The van der Waals surface area contributed by atoms with Crippen molar-refractivity contribution in [3.63, 3.8) is 0 Å². The Morgan fingerprint density at radius 2 is 2.21 bits per heavy atom. The van der Waals surface area contributed by atoms with Crippen LogP contribution in [0.2, 0.25) is 0 Å². The lowest BCUT2D eigenvalue weighted by Crippen LogP contribution is -2.53. The van der Waals surface area contributed by atoms with Gasteiger partial charge in [0.2, 0.25) is 5.95 Å². The molecule has 1 fully saturated rings. The summed E-state index contributed by atoms with van der Waals surface area (Å²) >= 11 is 0. The van der Waals surface area contributed by atoms with E-state index in [1.54, 1.807) is 18.9 Å². The van der Waals surface area contributed by atoms with Crippen molar-refractivity contribution in [2.45, 2.75) is 38.1 Å². The molecule has 5 heterocycles. The van der Waals surface area contributed by atoms with Crippen LogP contribution in [0.1, 0.15) is 38.4 Å². The van der Waals surface area contributed by atoms with Gasteiger partial charge in [0.15, 0.2) is 11.6 Å². The average molecular weight is 322 g/mol. The maximum absolute atomic E-state index is 4.87. The highest BCUT2D eigenvalue weighted by atomic mass is 15.4. The molecule has 0 N–H and O–H groups in total. The molecular weight excluding hydrogens is 304 g/mol. The average Bonchev–Trinajstić information content (AvgIpc) is 3.33. The third-order valence-corrected chi connectivity index (χ3v) is 5.28. The standard InChI is InChI=1S/C16H18N8/c1-2-16-5-3-4-7-24(16)13-12(23-11-19-21-14(16)23)9-18-15(20-13)22-8-6-17-10-22/h6,8-11H,2-5,7H2,1H3/t16-/m1/s1. The maximum atomic E-state index is 4.87. The molecule has 5 rings (SSSR count). The monoisotopic (exact) mass is 322 g/mol. The van der Waals surface area contributed by atoms with Gasteiger partial charge in [0.1, 0.15) is 23.9 Å². The Hall–Kier alpha value is -2.77.